The Morgan fingerprint density at radius 1 is 1.20 bits per heavy atom. The number of carbonyl (C=O) groups is 1. The highest BCUT2D eigenvalue weighted by Gasteiger charge is 2.14. The second-order valence-corrected chi connectivity index (χ2v) is 8.91. The molecule has 0 bridgehead atoms. The van der Waals surface area contributed by atoms with Gasteiger partial charge in [0.05, 0.1) is 17.8 Å². The van der Waals surface area contributed by atoms with Gasteiger partial charge in [0.2, 0.25) is 15.2 Å². The van der Waals surface area contributed by atoms with Gasteiger partial charge in [-0.3, -0.25) is 9.89 Å². The molecule has 0 aliphatic carbocycles. The molecule has 158 valence electrons. The van der Waals surface area contributed by atoms with E-state index in [0.717, 1.165) is 34.1 Å². The number of aromatic amines is 1. The average Bonchev–Trinajstić information content (AvgIpc) is 3.21. The van der Waals surface area contributed by atoms with Gasteiger partial charge in [-0.2, -0.15) is 5.48 Å². The number of benzene rings is 2. The maximum atomic E-state index is 11.9. The van der Waals surface area contributed by atoms with E-state index >= 15 is 0 Å². The van der Waals surface area contributed by atoms with Crippen LogP contribution in [0.5, 0.6) is 0 Å². The van der Waals surface area contributed by atoms with Crippen LogP contribution in [0.25, 0.3) is 22.5 Å². The minimum Gasteiger partial charge on any atom is -0.481 e. The molecule has 0 atom stereocenters. The molecule has 0 aliphatic heterocycles. The average molecular weight is 451 g/mol. The van der Waals surface area contributed by atoms with Crippen molar-refractivity contribution in [1.29, 1.82) is 0 Å². The van der Waals surface area contributed by atoms with Crippen molar-refractivity contribution in [3.05, 3.63) is 42.5 Å². The number of nitrogens with one attached hydrogen (secondary N) is 2. The highest BCUT2D eigenvalue weighted by Crippen LogP contribution is 2.29. The predicted octanol–water partition coefficient (Wildman–Crippen LogP) is 0.980. The van der Waals surface area contributed by atoms with Crippen LogP contribution in [-0.4, -0.2) is 54.6 Å². The Kier molecular flexibility index (Phi) is 6.84. The number of carboxylic acid groups (broad SMARTS) is 1. The van der Waals surface area contributed by atoms with E-state index in [1.165, 1.54) is 19.2 Å². The number of rotatable bonds is 9. The molecular weight excluding hydrogens is 430 g/mol. The van der Waals surface area contributed by atoms with Gasteiger partial charge >= 0.3 is 5.97 Å². The number of hydrogen-bond donors (Lipinski definition) is 4. The first kappa shape index (κ1) is 21.9. The first-order chi connectivity index (χ1) is 14.3. The van der Waals surface area contributed by atoms with Gasteiger partial charge in [0.15, 0.2) is 11.5 Å². The number of nitrogens with two attached hydrogens (primary N) is 1. The van der Waals surface area contributed by atoms with Gasteiger partial charge in [0.1, 0.15) is 0 Å². The fourth-order valence-electron chi connectivity index (χ4n) is 2.67. The molecule has 1 aromatic heterocycles. The summed E-state index contributed by atoms with van der Waals surface area (Å²) in [6, 6.07) is 12.1. The number of aliphatic carboxylic acids is 1. The van der Waals surface area contributed by atoms with Gasteiger partial charge in [-0.05, 0) is 36.4 Å². The monoisotopic (exact) mass is 450 g/mol. The van der Waals surface area contributed by atoms with E-state index in [1.807, 2.05) is 18.2 Å². The molecule has 0 radical (unpaired) electrons. The predicted molar refractivity (Wildman–Crippen MR) is 110 cm³/mol. The van der Waals surface area contributed by atoms with Crippen LogP contribution in [-0.2, 0) is 19.7 Å². The smallest absolute Gasteiger partial charge is 0.313 e. The molecule has 0 aliphatic rings. The SMILES string of the molecule is CNS(=O)(=O)c1ccc(-c2cc([NH2+]OC)cc(-c3nc(SCC(=O)O)n[nH]3)c2)cc1. The van der Waals surface area contributed by atoms with E-state index in [4.69, 9.17) is 9.94 Å². The Morgan fingerprint density at radius 3 is 2.53 bits per heavy atom. The zero-order valence-electron chi connectivity index (χ0n) is 16.1. The first-order valence-electron chi connectivity index (χ1n) is 8.65. The minimum absolute atomic E-state index is 0.137. The third-order valence-corrected chi connectivity index (χ3v) is 6.30. The molecule has 30 heavy (non-hydrogen) atoms. The molecule has 3 rings (SSSR count). The van der Waals surface area contributed by atoms with Crippen LogP contribution in [0.3, 0.4) is 0 Å². The van der Waals surface area contributed by atoms with Crippen molar-refractivity contribution >= 4 is 33.4 Å². The summed E-state index contributed by atoms with van der Waals surface area (Å²) in [5.41, 5.74) is 4.69. The van der Waals surface area contributed by atoms with Crippen molar-refractivity contribution in [2.45, 2.75) is 10.1 Å². The summed E-state index contributed by atoms with van der Waals surface area (Å²) >= 11 is 1.02. The van der Waals surface area contributed by atoms with E-state index in [0.29, 0.717) is 11.0 Å². The second kappa shape index (κ2) is 9.36. The maximum absolute atomic E-state index is 11.9. The van der Waals surface area contributed by atoms with Crippen molar-refractivity contribution in [1.82, 2.24) is 19.9 Å². The lowest BCUT2D eigenvalue weighted by Gasteiger charge is -2.08. The number of sulfonamides is 1. The van der Waals surface area contributed by atoms with Crippen molar-refractivity contribution in [3.8, 4) is 22.5 Å². The van der Waals surface area contributed by atoms with E-state index < -0.39 is 16.0 Å². The quantitative estimate of drug-likeness (QED) is 0.214. The topological polar surface area (TPSA) is 151 Å². The fraction of sp³-hybridized carbons (Fsp3) is 0.167. The van der Waals surface area contributed by atoms with Crippen LogP contribution >= 0.6 is 11.8 Å². The molecule has 3 aromatic rings. The zero-order chi connectivity index (χ0) is 21.7. The lowest BCUT2D eigenvalue weighted by atomic mass is 10.0. The number of H-pyrrole nitrogens is 1. The summed E-state index contributed by atoms with van der Waals surface area (Å²) in [4.78, 5) is 20.4. The Balaban J connectivity index is 1.96. The third-order valence-electron chi connectivity index (χ3n) is 4.04. The van der Waals surface area contributed by atoms with Gasteiger partial charge in [-0.15, -0.1) is 5.10 Å². The van der Waals surface area contributed by atoms with E-state index in [-0.39, 0.29) is 10.6 Å². The number of thioether (sulfide) groups is 1. The Morgan fingerprint density at radius 2 is 1.90 bits per heavy atom. The molecule has 5 N–H and O–H groups in total. The molecule has 2 aromatic carbocycles. The van der Waals surface area contributed by atoms with Gasteiger partial charge in [0.25, 0.3) is 0 Å². The van der Waals surface area contributed by atoms with E-state index in [2.05, 4.69) is 19.9 Å². The third kappa shape index (κ3) is 5.23. The number of hydrogen-bond acceptors (Lipinski definition) is 7. The molecule has 0 fully saturated rings. The first-order valence-corrected chi connectivity index (χ1v) is 11.1. The summed E-state index contributed by atoms with van der Waals surface area (Å²) in [6.07, 6.45) is 0. The van der Waals surface area contributed by atoms with Crippen LogP contribution < -0.4 is 10.2 Å². The summed E-state index contributed by atoms with van der Waals surface area (Å²) in [7, 11) is -0.616. The number of quaternary nitrogens is 1. The van der Waals surface area contributed by atoms with E-state index in [1.54, 1.807) is 24.7 Å². The lowest BCUT2D eigenvalue weighted by Crippen LogP contribution is -2.75. The highest BCUT2D eigenvalue weighted by atomic mass is 32.2. The van der Waals surface area contributed by atoms with Gasteiger partial charge < -0.3 is 5.11 Å². The van der Waals surface area contributed by atoms with Crippen LogP contribution in [0.1, 0.15) is 0 Å². The minimum atomic E-state index is -3.52. The van der Waals surface area contributed by atoms with Crippen molar-refractivity contribution < 1.29 is 28.6 Å². The molecule has 12 heteroatoms. The Bertz CT molecular complexity index is 1150. The van der Waals surface area contributed by atoms with Crippen LogP contribution in [0.2, 0.25) is 0 Å². The van der Waals surface area contributed by atoms with Crippen LogP contribution in [0, 0.1) is 0 Å². The molecular formula is C18H20N5O5S2+. The number of carboxylic acids is 1. The molecule has 1 heterocycles. The molecule has 10 nitrogen and oxygen atoms in total. The summed E-state index contributed by atoms with van der Waals surface area (Å²) in [6.45, 7) is 0. The lowest BCUT2D eigenvalue weighted by molar-refractivity contribution is -0.830. The largest absolute Gasteiger partial charge is 0.481 e. The Labute approximate surface area is 177 Å². The van der Waals surface area contributed by atoms with Gasteiger partial charge in [-0.1, -0.05) is 23.9 Å². The molecule has 0 saturated heterocycles. The van der Waals surface area contributed by atoms with Crippen molar-refractivity contribution in [2.24, 2.45) is 0 Å². The number of aromatic nitrogens is 3. The van der Waals surface area contributed by atoms with Crippen LogP contribution in [0.4, 0.5) is 5.69 Å². The Hall–Kier alpha value is -2.77. The second-order valence-electron chi connectivity index (χ2n) is 6.08. The van der Waals surface area contributed by atoms with Crippen molar-refractivity contribution in [3.63, 3.8) is 0 Å². The number of nitrogens with zero attached hydrogens (tertiary/aromatic N) is 2. The molecule has 0 unspecified atom stereocenters. The highest BCUT2D eigenvalue weighted by molar-refractivity contribution is 7.99. The standard InChI is InChI=1S/C18H19N5O5S2/c1-19-30(26,27)15-5-3-11(4-6-15)12-7-13(9-14(8-12)23-28-2)17-20-18(22-21-17)29-10-16(24)25/h3-9,19,23H,10H2,1-2H3,(H,24,25)(H,20,21,22)/p+1. The maximum Gasteiger partial charge on any atom is 0.313 e. The summed E-state index contributed by atoms with van der Waals surface area (Å²) in [5.74, 6) is -0.610. The van der Waals surface area contributed by atoms with E-state index in [9.17, 15) is 13.2 Å². The normalized spacial score (nSPS) is 11.5. The molecule has 0 spiro atoms. The van der Waals surface area contributed by atoms with Gasteiger partial charge in [-0.25, -0.2) is 23.0 Å². The fourth-order valence-corrected chi connectivity index (χ4v) is 3.92. The summed E-state index contributed by atoms with van der Waals surface area (Å²) < 4.78 is 26.2. The van der Waals surface area contributed by atoms with Crippen LogP contribution in [0.15, 0.2) is 52.5 Å². The molecule has 0 amide bonds. The summed E-state index contributed by atoms with van der Waals surface area (Å²) in [5, 5.41) is 16.0. The van der Waals surface area contributed by atoms with Gasteiger partial charge in [0, 0.05) is 17.7 Å². The zero-order valence-corrected chi connectivity index (χ0v) is 17.8. The van der Waals surface area contributed by atoms with Crippen molar-refractivity contribution in [2.75, 3.05) is 19.9 Å². The molecule has 0 saturated carbocycles.